The van der Waals surface area contributed by atoms with Crippen molar-refractivity contribution < 1.29 is 4.39 Å². The van der Waals surface area contributed by atoms with Gasteiger partial charge in [-0.3, -0.25) is 4.90 Å². The fraction of sp³-hybridized carbons (Fsp3) is 0.625. The molecule has 1 N–H and O–H groups in total. The third kappa shape index (κ3) is 3.33. The predicted octanol–water partition coefficient (Wildman–Crippen LogP) is 3.86. The van der Waals surface area contributed by atoms with Crippen LogP contribution in [0.1, 0.15) is 38.3 Å². The Hall–Kier alpha value is -0.640. The van der Waals surface area contributed by atoms with Gasteiger partial charge in [0.1, 0.15) is 5.82 Å². The van der Waals surface area contributed by atoms with Crippen LogP contribution in [0.2, 0.25) is 5.02 Å². The molecule has 0 saturated carbocycles. The number of hydrogen-bond acceptors (Lipinski definition) is 2. The molecule has 2 atom stereocenters. The van der Waals surface area contributed by atoms with E-state index >= 15 is 0 Å². The molecule has 1 heterocycles. The van der Waals surface area contributed by atoms with Crippen LogP contribution in [0.5, 0.6) is 0 Å². The lowest BCUT2D eigenvalue weighted by Crippen LogP contribution is -2.45. The Balaban J connectivity index is 2.35. The fourth-order valence-electron chi connectivity index (χ4n) is 3.32. The molecule has 1 aliphatic heterocycles. The summed E-state index contributed by atoms with van der Waals surface area (Å²) in [7, 11) is 1.99. The normalized spacial score (nSPS) is 24.3. The van der Waals surface area contributed by atoms with E-state index in [0.717, 1.165) is 18.7 Å². The molecule has 1 fully saturated rings. The SMILES string of the molecule is CNCC1CCCN(C(C)C)C1c1ccc(F)c(Cl)c1. The van der Waals surface area contributed by atoms with Crippen LogP contribution in [0.3, 0.4) is 0 Å². The summed E-state index contributed by atoms with van der Waals surface area (Å²) in [5.41, 5.74) is 1.13. The second-order valence-corrected chi connectivity index (χ2v) is 6.32. The molecular formula is C16H24ClFN2. The van der Waals surface area contributed by atoms with Crippen LogP contribution < -0.4 is 5.32 Å². The van der Waals surface area contributed by atoms with Crippen molar-refractivity contribution in [3.05, 3.63) is 34.6 Å². The van der Waals surface area contributed by atoms with Crippen LogP contribution in [-0.4, -0.2) is 31.1 Å². The molecule has 0 aromatic heterocycles. The third-order valence-corrected chi connectivity index (χ3v) is 4.50. The summed E-state index contributed by atoms with van der Waals surface area (Å²) in [6.45, 7) is 6.51. The van der Waals surface area contributed by atoms with Gasteiger partial charge in [0.2, 0.25) is 0 Å². The minimum Gasteiger partial charge on any atom is -0.319 e. The molecule has 2 nitrogen and oxygen atoms in total. The van der Waals surface area contributed by atoms with Crippen LogP contribution in [0.25, 0.3) is 0 Å². The maximum absolute atomic E-state index is 13.4. The number of piperidine rings is 1. The highest BCUT2D eigenvalue weighted by molar-refractivity contribution is 6.30. The molecule has 0 spiro atoms. The van der Waals surface area contributed by atoms with Crippen molar-refractivity contribution in [3.63, 3.8) is 0 Å². The van der Waals surface area contributed by atoms with Gasteiger partial charge in [0.15, 0.2) is 0 Å². The maximum atomic E-state index is 13.4. The highest BCUT2D eigenvalue weighted by Gasteiger charge is 2.33. The molecule has 20 heavy (non-hydrogen) atoms. The zero-order valence-corrected chi connectivity index (χ0v) is 13.3. The Labute approximate surface area is 126 Å². The van der Waals surface area contributed by atoms with Crippen LogP contribution in [0.15, 0.2) is 18.2 Å². The van der Waals surface area contributed by atoms with Gasteiger partial charge < -0.3 is 5.32 Å². The summed E-state index contributed by atoms with van der Waals surface area (Å²) >= 11 is 5.98. The highest BCUT2D eigenvalue weighted by atomic mass is 35.5. The van der Waals surface area contributed by atoms with Crippen LogP contribution >= 0.6 is 11.6 Å². The van der Waals surface area contributed by atoms with Gasteiger partial charge >= 0.3 is 0 Å². The second kappa shape index (κ2) is 6.88. The number of hydrogen-bond donors (Lipinski definition) is 1. The number of benzene rings is 1. The summed E-state index contributed by atoms with van der Waals surface area (Å²) in [5, 5.41) is 3.51. The van der Waals surface area contributed by atoms with Crippen molar-refractivity contribution in [2.24, 2.45) is 5.92 Å². The Bertz CT molecular complexity index is 448. The average Bonchev–Trinajstić information content (AvgIpc) is 2.42. The second-order valence-electron chi connectivity index (χ2n) is 5.91. The summed E-state index contributed by atoms with van der Waals surface area (Å²) in [6, 6.07) is 5.96. The number of nitrogens with zero attached hydrogens (tertiary/aromatic N) is 1. The molecule has 1 aromatic carbocycles. The van der Waals surface area contributed by atoms with Gasteiger partial charge in [0.05, 0.1) is 5.02 Å². The van der Waals surface area contributed by atoms with Crippen molar-refractivity contribution in [3.8, 4) is 0 Å². The van der Waals surface area contributed by atoms with Gasteiger partial charge in [-0.2, -0.15) is 0 Å². The summed E-state index contributed by atoms with van der Waals surface area (Å²) in [5.74, 6) is 0.199. The van der Waals surface area contributed by atoms with E-state index in [1.165, 1.54) is 18.9 Å². The van der Waals surface area contributed by atoms with Crippen LogP contribution in [0, 0.1) is 11.7 Å². The van der Waals surface area contributed by atoms with E-state index in [1.54, 1.807) is 6.07 Å². The Morgan fingerprint density at radius 3 is 2.80 bits per heavy atom. The Morgan fingerprint density at radius 1 is 1.45 bits per heavy atom. The lowest BCUT2D eigenvalue weighted by molar-refractivity contribution is 0.0636. The van der Waals surface area contributed by atoms with Gasteiger partial charge in [-0.25, -0.2) is 4.39 Å². The van der Waals surface area contributed by atoms with Gasteiger partial charge in [-0.1, -0.05) is 17.7 Å². The van der Waals surface area contributed by atoms with E-state index in [2.05, 4.69) is 24.1 Å². The smallest absolute Gasteiger partial charge is 0.141 e. The number of nitrogens with one attached hydrogen (secondary N) is 1. The lowest BCUT2D eigenvalue weighted by Gasteiger charge is -2.44. The minimum atomic E-state index is -0.340. The van der Waals surface area contributed by atoms with Crippen LogP contribution in [0.4, 0.5) is 4.39 Å². The first-order chi connectivity index (χ1) is 9.54. The molecule has 0 amide bonds. The first-order valence-electron chi connectivity index (χ1n) is 7.40. The number of rotatable bonds is 4. The zero-order chi connectivity index (χ0) is 14.7. The molecular weight excluding hydrogens is 275 g/mol. The van der Waals surface area contributed by atoms with Crippen molar-refractivity contribution in [1.82, 2.24) is 10.2 Å². The van der Waals surface area contributed by atoms with E-state index in [1.807, 2.05) is 13.1 Å². The van der Waals surface area contributed by atoms with E-state index in [9.17, 15) is 4.39 Å². The number of halogens is 2. The highest BCUT2D eigenvalue weighted by Crippen LogP contribution is 2.38. The van der Waals surface area contributed by atoms with Crippen molar-refractivity contribution in [2.75, 3.05) is 20.1 Å². The van der Waals surface area contributed by atoms with E-state index in [4.69, 9.17) is 11.6 Å². The first kappa shape index (κ1) is 15.7. The van der Waals surface area contributed by atoms with Gasteiger partial charge in [0.25, 0.3) is 0 Å². The molecule has 0 radical (unpaired) electrons. The van der Waals surface area contributed by atoms with Crippen molar-refractivity contribution in [1.29, 1.82) is 0 Å². The standard InChI is InChI=1S/C16H24ClFN2/c1-11(2)20-8-4-5-13(10-19-3)16(20)12-6-7-15(18)14(17)9-12/h6-7,9,11,13,16,19H,4-5,8,10H2,1-3H3. The number of likely N-dealkylation sites (tertiary alicyclic amines) is 1. The molecule has 0 bridgehead atoms. The fourth-order valence-corrected chi connectivity index (χ4v) is 3.51. The first-order valence-corrected chi connectivity index (χ1v) is 7.77. The molecule has 1 saturated heterocycles. The lowest BCUT2D eigenvalue weighted by atomic mass is 9.83. The van der Waals surface area contributed by atoms with Crippen molar-refractivity contribution >= 4 is 11.6 Å². The molecule has 1 aromatic rings. The monoisotopic (exact) mass is 298 g/mol. The Kier molecular flexibility index (Phi) is 5.42. The predicted molar refractivity (Wildman–Crippen MR) is 82.6 cm³/mol. The Morgan fingerprint density at radius 2 is 2.20 bits per heavy atom. The average molecular weight is 299 g/mol. The molecule has 0 aliphatic carbocycles. The molecule has 4 heteroatoms. The molecule has 1 aliphatic rings. The largest absolute Gasteiger partial charge is 0.319 e. The molecule has 2 unspecified atom stereocenters. The third-order valence-electron chi connectivity index (χ3n) is 4.21. The van der Waals surface area contributed by atoms with Crippen molar-refractivity contribution in [2.45, 2.75) is 38.8 Å². The molecule has 2 rings (SSSR count). The van der Waals surface area contributed by atoms with E-state index in [-0.39, 0.29) is 10.8 Å². The van der Waals surface area contributed by atoms with E-state index < -0.39 is 0 Å². The van der Waals surface area contributed by atoms with Gasteiger partial charge in [0, 0.05) is 12.1 Å². The van der Waals surface area contributed by atoms with Gasteiger partial charge in [-0.15, -0.1) is 0 Å². The summed E-state index contributed by atoms with van der Waals surface area (Å²) < 4.78 is 13.4. The quantitative estimate of drug-likeness (QED) is 0.908. The summed E-state index contributed by atoms with van der Waals surface area (Å²) in [4.78, 5) is 2.51. The van der Waals surface area contributed by atoms with Gasteiger partial charge in [-0.05, 0) is 70.4 Å². The summed E-state index contributed by atoms with van der Waals surface area (Å²) in [6.07, 6.45) is 2.42. The molecule has 112 valence electrons. The van der Waals surface area contributed by atoms with E-state index in [0.29, 0.717) is 18.0 Å². The maximum Gasteiger partial charge on any atom is 0.141 e. The van der Waals surface area contributed by atoms with Crippen LogP contribution in [-0.2, 0) is 0 Å². The topological polar surface area (TPSA) is 15.3 Å². The minimum absolute atomic E-state index is 0.222. The zero-order valence-electron chi connectivity index (χ0n) is 12.5.